The molecule has 0 saturated carbocycles. The molecule has 1 fully saturated rings. The number of amides is 2. The molecule has 2 amide bonds. The van der Waals surface area contributed by atoms with Crippen molar-refractivity contribution in [3.05, 3.63) is 0 Å². The fourth-order valence-corrected chi connectivity index (χ4v) is 2.25. The summed E-state index contributed by atoms with van der Waals surface area (Å²) in [5, 5.41) is 0. The summed E-state index contributed by atoms with van der Waals surface area (Å²) in [6, 6.07) is 0.202. The molecule has 2 atom stereocenters. The second-order valence-electron chi connectivity index (χ2n) is 4.24. The number of likely N-dealkylation sites (tertiary alicyclic amines) is 1. The number of rotatable bonds is 2. The van der Waals surface area contributed by atoms with Crippen molar-refractivity contribution in [2.45, 2.75) is 45.6 Å². The van der Waals surface area contributed by atoms with E-state index < -0.39 is 11.8 Å². The monoisotopic (exact) mass is 212 g/mol. The SMILES string of the molecule is CC[C@@H]1CC[C@H](CC)N(C(=O)C(N)=O)C1. The summed E-state index contributed by atoms with van der Waals surface area (Å²) in [4.78, 5) is 24.1. The van der Waals surface area contributed by atoms with Gasteiger partial charge in [0.1, 0.15) is 0 Å². The molecule has 0 unspecified atom stereocenters. The van der Waals surface area contributed by atoms with E-state index in [4.69, 9.17) is 5.73 Å². The lowest BCUT2D eigenvalue weighted by atomic mass is 9.90. The summed E-state index contributed by atoms with van der Waals surface area (Å²) < 4.78 is 0. The van der Waals surface area contributed by atoms with Crippen LogP contribution in [0, 0.1) is 5.92 Å². The molecule has 0 aromatic carbocycles. The molecule has 2 N–H and O–H groups in total. The van der Waals surface area contributed by atoms with E-state index in [9.17, 15) is 9.59 Å². The van der Waals surface area contributed by atoms with Gasteiger partial charge < -0.3 is 10.6 Å². The van der Waals surface area contributed by atoms with Crippen LogP contribution in [0.5, 0.6) is 0 Å². The summed E-state index contributed by atoms with van der Waals surface area (Å²) in [6.45, 7) is 4.85. The smallest absolute Gasteiger partial charge is 0.311 e. The van der Waals surface area contributed by atoms with Crippen LogP contribution in [-0.2, 0) is 9.59 Å². The zero-order valence-electron chi connectivity index (χ0n) is 9.53. The lowest BCUT2D eigenvalue weighted by Gasteiger charge is -2.38. The largest absolute Gasteiger partial charge is 0.361 e. The van der Waals surface area contributed by atoms with Gasteiger partial charge in [0.15, 0.2) is 0 Å². The molecule has 4 nitrogen and oxygen atoms in total. The van der Waals surface area contributed by atoms with Gasteiger partial charge in [-0.2, -0.15) is 0 Å². The fourth-order valence-electron chi connectivity index (χ4n) is 2.25. The van der Waals surface area contributed by atoms with Crippen LogP contribution in [0.4, 0.5) is 0 Å². The minimum Gasteiger partial charge on any atom is -0.361 e. The first-order valence-corrected chi connectivity index (χ1v) is 5.70. The minimum atomic E-state index is -0.829. The Bertz CT molecular complexity index is 253. The average Bonchev–Trinajstić information content (AvgIpc) is 2.27. The van der Waals surface area contributed by atoms with Crippen molar-refractivity contribution in [2.24, 2.45) is 11.7 Å². The van der Waals surface area contributed by atoms with Gasteiger partial charge in [0, 0.05) is 12.6 Å². The molecule has 0 aromatic heterocycles. The number of nitrogens with two attached hydrogens (primary N) is 1. The van der Waals surface area contributed by atoms with E-state index in [0.29, 0.717) is 12.5 Å². The van der Waals surface area contributed by atoms with Crippen molar-refractivity contribution in [1.29, 1.82) is 0 Å². The van der Waals surface area contributed by atoms with Crippen LogP contribution in [0.2, 0.25) is 0 Å². The molecular formula is C11H20N2O2. The van der Waals surface area contributed by atoms with Crippen molar-refractivity contribution >= 4 is 11.8 Å². The van der Waals surface area contributed by atoms with E-state index >= 15 is 0 Å². The van der Waals surface area contributed by atoms with Gasteiger partial charge in [-0.05, 0) is 25.2 Å². The highest BCUT2D eigenvalue weighted by Crippen LogP contribution is 2.25. The minimum absolute atomic E-state index is 0.202. The Morgan fingerprint density at radius 3 is 2.40 bits per heavy atom. The summed E-state index contributed by atoms with van der Waals surface area (Å²) in [5.74, 6) is -0.818. The molecule has 15 heavy (non-hydrogen) atoms. The lowest BCUT2D eigenvalue weighted by Crippen LogP contribution is -2.50. The summed E-state index contributed by atoms with van der Waals surface area (Å²) >= 11 is 0. The Hall–Kier alpha value is -1.06. The van der Waals surface area contributed by atoms with Crippen LogP contribution in [0.3, 0.4) is 0 Å². The quantitative estimate of drug-likeness (QED) is 0.691. The first-order valence-electron chi connectivity index (χ1n) is 5.70. The Kier molecular flexibility index (Phi) is 4.12. The van der Waals surface area contributed by atoms with Crippen molar-refractivity contribution in [3.8, 4) is 0 Å². The van der Waals surface area contributed by atoms with Gasteiger partial charge in [0.2, 0.25) is 0 Å². The average molecular weight is 212 g/mol. The van der Waals surface area contributed by atoms with Crippen LogP contribution < -0.4 is 5.73 Å². The zero-order chi connectivity index (χ0) is 11.4. The normalized spacial score (nSPS) is 26.4. The van der Waals surface area contributed by atoms with E-state index in [1.165, 1.54) is 0 Å². The van der Waals surface area contributed by atoms with Gasteiger partial charge in [0.25, 0.3) is 0 Å². The molecule has 1 saturated heterocycles. The van der Waals surface area contributed by atoms with Gasteiger partial charge in [-0.1, -0.05) is 20.3 Å². The van der Waals surface area contributed by atoms with Gasteiger partial charge >= 0.3 is 11.8 Å². The van der Waals surface area contributed by atoms with Crippen LogP contribution in [0.25, 0.3) is 0 Å². The number of carbonyl (C=O) groups is 2. The molecule has 0 aliphatic carbocycles. The molecule has 1 rings (SSSR count). The maximum atomic E-state index is 11.6. The highest BCUT2D eigenvalue weighted by molar-refractivity contribution is 6.34. The molecule has 0 radical (unpaired) electrons. The van der Waals surface area contributed by atoms with Crippen molar-refractivity contribution in [3.63, 3.8) is 0 Å². The molecule has 86 valence electrons. The standard InChI is InChI=1S/C11H20N2O2/c1-3-8-5-6-9(4-2)13(7-8)11(15)10(12)14/h8-9H,3-7H2,1-2H3,(H2,12,14)/t8-,9+/m1/s1. The Balaban J connectivity index is 2.71. The highest BCUT2D eigenvalue weighted by atomic mass is 16.2. The van der Waals surface area contributed by atoms with E-state index in [1.54, 1.807) is 4.90 Å². The van der Waals surface area contributed by atoms with Gasteiger partial charge in [-0.15, -0.1) is 0 Å². The molecule has 1 heterocycles. The molecule has 0 bridgehead atoms. The first-order chi connectivity index (χ1) is 7.10. The van der Waals surface area contributed by atoms with Crippen molar-refractivity contribution < 1.29 is 9.59 Å². The molecule has 1 aliphatic heterocycles. The van der Waals surface area contributed by atoms with E-state index in [-0.39, 0.29) is 6.04 Å². The number of carbonyl (C=O) groups excluding carboxylic acids is 2. The number of primary amides is 1. The molecule has 4 heteroatoms. The molecule has 0 spiro atoms. The number of hydrogen-bond acceptors (Lipinski definition) is 2. The van der Waals surface area contributed by atoms with Crippen LogP contribution in [-0.4, -0.2) is 29.3 Å². The molecule has 1 aliphatic rings. The second kappa shape index (κ2) is 5.14. The Morgan fingerprint density at radius 2 is 1.93 bits per heavy atom. The highest BCUT2D eigenvalue weighted by Gasteiger charge is 2.31. The summed E-state index contributed by atoms with van der Waals surface area (Å²) in [6.07, 6.45) is 4.10. The van der Waals surface area contributed by atoms with Crippen LogP contribution in [0.15, 0.2) is 0 Å². The topological polar surface area (TPSA) is 63.4 Å². The van der Waals surface area contributed by atoms with E-state index in [0.717, 1.165) is 25.7 Å². The van der Waals surface area contributed by atoms with Crippen LogP contribution in [0.1, 0.15) is 39.5 Å². The predicted octanol–water partition coefficient (Wildman–Crippen LogP) is 0.899. The van der Waals surface area contributed by atoms with Crippen molar-refractivity contribution in [1.82, 2.24) is 4.90 Å². The molecular weight excluding hydrogens is 192 g/mol. The maximum Gasteiger partial charge on any atom is 0.311 e. The summed E-state index contributed by atoms with van der Waals surface area (Å²) in [7, 11) is 0. The van der Waals surface area contributed by atoms with Gasteiger partial charge in [0.05, 0.1) is 0 Å². The molecule has 0 aromatic rings. The first kappa shape index (κ1) is 12.0. The number of piperidine rings is 1. The third-order valence-electron chi connectivity index (χ3n) is 3.32. The number of nitrogens with zero attached hydrogens (tertiary/aromatic N) is 1. The number of hydrogen-bond donors (Lipinski definition) is 1. The third-order valence-corrected chi connectivity index (χ3v) is 3.32. The maximum absolute atomic E-state index is 11.6. The summed E-state index contributed by atoms with van der Waals surface area (Å²) in [5.41, 5.74) is 5.04. The van der Waals surface area contributed by atoms with Gasteiger partial charge in [-0.3, -0.25) is 9.59 Å². The van der Waals surface area contributed by atoms with E-state index in [2.05, 4.69) is 6.92 Å². The second-order valence-corrected chi connectivity index (χ2v) is 4.24. The fraction of sp³-hybridized carbons (Fsp3) is 0.818. The Labute approximate surface area is 90.8 Å². The van der Waals surface area contributed by atoms with Gasteiger partial charge in [-0.25, -0.2) is 0 Å². The zero-order valence-corrected chi connectivity index (χ0v) is 9.53. The van der Waals surface area contributed by atoms with E-state index in [1.807, 2.05) is 6.92 Å². The van der Waals surface area contributed by atoms with Crippen molar-refractivity contribution in [2.75, 3.05) is 6.54 Å². The Morgan fingerprint density at radius 1 is 1.27 bits per heavy atom. The third kappa shape index (κ3) is 2.70. The van der Waals surface area contributed by atoms with Crippen LogP contribution >= 0.6 is 0 Å². The lowest BCUT2D eigenvalue weighted by molar-refractivity contribution is -0.147. The predicted molar refractivity (Wildman–Crippen MR) is 58.0 cm³/mol.